The van der Waals surface area contributed by atoms with E-state index in [0.717, 1.165) is 30.5 Å². The summed E-state index contributed by atoms with van der Waals surface area (Å²) >= 11 is 0. The Morgan fingerprint density at radius 1 is 1.48 bits per heavy atom. The standard InChI is InChI=1S/C14H18N6O/c1-20-13(17-18-19-20)10-4-2-5-11(8-10)16-12(21)9-14(15)6-3-7-14/h2,4-5,8H,3,6-7,9,15H2,1H3,(H,16,21). The first-order valence-electron chi connectivity index (χ1n) is 6.97. The number of hydrogen-bond acceptors (Lipinski definition) is 5. The molecule has 7 nitrogen and oxygen atoms in total. The molecule has 0 aliphatic heterocycles. The zero-order chi connectivity index (χ0) is 14.9. The maximum atomic E-state index is 12.0. The topological polar surface area (TPSA) is 98.7 Å². The van der Waals surface area contributed by atoms with Gasteiger partial charge in [-0.25, -0.2) is 4.68 Å². The maximum Gasteiger partial charge on any atom is 0.226 e. The summed E-state index contributed by atoms with van der Waals surface area (Å²) in [7, 11) is 1.77. The van der Waals surface area contributed by atoms with Crippen LogP contribution >= 0.6 is 0 Å². The highest BCUT2D eigenvalue weighted by Gasteiger charge is 2.34. The third-order valence-electron chi connectivity index (χ3n) is 3.89. The molecule has 1 aliphatic carbocycles. The van der Waals surface area contributed by atoms with Crippen LogP contribution in [0.2, 0.25) is 0 Å². The second kappa shape index (κ2) is 5.25. The van der Waals surface area contributed by atoms with Crippen molar-refractivity contribution in [3.8, 4) is 11.4 Å². The number of aromatic nitrogens is 4. The average molecular weight is 286 g/mol. The molecule has 1 fully saturated rings. The number of nitrogens with two attached hydrogens (primary N) is 1. The van der Waals surface area contributed by atoms with Gasteiger partial charge in [-0.3, -0.25) is 4.79 Å². The molecule has 0 radical (unpaired) electrons. The summed E-state index contributed by atoms with van der Waals surface area (Å²) in [5, 5.41) is 14.3. The van der Waals surface area contributed by atoms with E-state index >= 15 is 0 Å². The summed E-state index contributed by atoms with van der Waals surface area (Å²) in [5.74, 6) is 0.603. The Morgan fingerprint density at radius 2 is 2.29 bits per heavy atom. The monoisotopic (exact) mass is 286 g/mol. The molecule has 7 heteroatoms. The molecule has 2 aromatic rings. The van der Waals surface area contributed by atoms with Crippen molar-refractivity contribution in [2.24, 2.45) is 12.8 Å². The van der Waals surface area contributed by atoms with E-state index in [1.807, 2.05) is 24.3 Å². The van der Waals surface area contributed by atoms with E-state index in [1.165, 1.54) is 0 Å². The maximum absolute atomic E-state index is 12.0. The lowest BCUT2D eigenvalue weighted by molar-refractivity contribution is -0.118. The van der Waals surface area contributed by atoms with Crippen molar-refractivity contribution in [2.75, 3.05) is 5.32 Å². The molecule has 1 aromatic heterocycles. The van der Waals surface area contributed by atoms with Crippen molar-refractivity contribution in [3.63, 3.8) is 0 Å². The molecule has 1 saturated carbocycles. The van der Waals surface area contributed by atoms with Crippen molar-refractivity contribution in [2.45, 2.75) is 31.2 Å². The van der Waals surface area contributed by atoms with Gasteiger partial charge in [-0.2, -0.15) is 0 Å². The van der Waals surface area contributed by atoms with Gasteiger partial charge in [0.15, 0.2) is 5.82 Å². The Kier molecular flexibility index (Phi) is 3.42. The van der Waals surface area contributed by atoms with Gasteiger partial charge in [0.2, 0.25) is 5.91 Å². The number of nitrogens with one attached hydrogen (secondary N) is 1. The van der Waals surface area contributed by atoms with Gasteiger partial charge in [0, 0.05) is 30.3 Å². The van der Waals surface area contributed by atoms with Gasteiger partial charge in [0.05, 0.1) is 0 Å². The van der Waals surface area contributed by atoms with E-state index in [-0.39, 0.29) is 11.4 Å². The summed E-state index contributed by atoms with van der Waals surface area (Å²) in [6, 6.07) is 7.46. The van der Waals surface area contributed by atoms with Crippen LogP contribution in [0.5, 0.6) is 0 Å². The molecule has 0 saturated heterocycles. The molecule has 0 atom stereocenters. The highest BCUT2D eigenvalue weighted by atomic mass is 16.1. The van der Waals surface area contributed by atoms with E-state index < -0.39 is 0 Å². The van der Waals surface area contributed by atoms with Gasteiger partial charge in [-0.1, -0.05) is 12.1 Å². The van der Waals surface area contributed by atoms with Crippen LogP contribution in [0, 0.1) is 0 Å². The summed E-state index contributed by atoms with van der Waals surface area (Å²) in [5.41, 5.74) is 7.36. The van der Waals surface area contributed by atoms with E-state index in [1.54, 1.807) is 11.7 Å². The number of benzene rings is 1. The van der Waals surface area contributed by atoms with Crippen molar-refractivity contribution >= 4 is 11.6 Å². The molecule has 1 aromatic carbocycles. The molecule has 110 valence electrons. The van der Waals surface area contributed by atoms with E-state index in [4.69, 9.17) is 5.73 Å². The number of carbonyl (C=O) groups excluding carboxylic acids is 1. The molecule has 0 bridgehead atoms. The first-order chi connectivity index (χ1) is 10.1. The van der Waals surface area contributed by atoms with Gasteiger partial charge in [0.25, 0.3) is 0 Å². The minimum atomic E-state index is -0.310. The summed E-state index contributed by atoms with van der Waals surface area (Å²) in [6.07, 6.45) is 3.32. The quantitative estimate of drug-likeness (QED) is 0.876. The number of aryl methyl sites for hydroxylation is 1. The van der Waals surface area contributed by atoms with E-state index in [9.17, 15) is 4.79 Å². The van der Waals surface area contributed by atoms with Gasteiger partial charge in [0.1, 0.15) is 0 Å². The van der Waals surface area contributed by atoms with Crippen LogP contribution in [-0.2, 0) is 11.8 Å². The fraction of sp³-hybridized carbons (Fsp3) is 0.429. The van der Waals surface area contributed by atoms with Gasteiger partial charge >= 0.3 is 0 Å². The third kappa shape index (κ3) is 2.92. The molecule has 3 N–H and O–H groups in total. The highest BCUT2D eigenvalue weighted by Crippen LogP contribution is 2.32. The first kappa shape index (κ1) is 13.7. The first-order valence-corrected chi connectivity index (χ1v) is 6.97. The third-order valence-corrected chi connectivity index (χ3v) is 3.89. The number of nitrogens with zero attached hydrogens (tertiary/aromatic N) is 4. The van der Waals surface area contributed by atoms with Crippen LogP contribution in [0.25, 0.3) is 11.4 Å². The zero-order valence-corrected chi connectivity index (χ0v) is 11.9. The number of anilines is 1. The molecule has 1 amide bonds. The van der Waals surface area contributed by atoms with E-state index in [2.05, 4.69) is 20.8 Å². The average Bonchev–Trinajstić information content (AvgIpc) is 2.83. The number of amides is 1. The lowest BCUT2D eigenvalue weighted by Gasteiger charge is -2.37. The summed E-state index contributed by atoms with van der Waals surface area (Å²) in [4.78, 5) is 12.0. The minimum Gasteiger partial charge on any atom is -0.326 e. The molecule has 21 heavy (non-hydrogen) atoms. The molecule has 0 spiro atoms. The van der Waals surface area contributed by atoms with Gasteiger partial charge in [-0.05, 0) is 41.8 Å². The SMILES string of the molecule is Cn1nnnc1-c1cccc(NC(=O)CC2(N)CCC2)c1. The summed E-state index contributed by atoms with van der Waals surface area (Å²) < 4.78 is 1.59. The van der Waals surface area contributed by atoms with Crippen molar-refractivity contribution < 1.29 is 4.79 Å². The molecule has 3 rings (SSSR count). The number of carbonyl (C=O) groups is 1. The van der Waals surface area contributed by atoms with Gasteiger partial charge < -0.3 is 11.1 Å². The predicted octanol–water partition coefficient (Wildman–Crippen LogP) is 1.09. The molecular weight excluding hydrogens is 268 g/mol. The Labute approximate surface area is 122 Å². The zero-order valence-electron chi connectivity index (χ0n) is 11.9. The second-order valence-corrected chi connectivity index (χ2v) is 5.65. The normalized spacial score (nSPS) is 16.3. The number of rotatable bonds is 4. The largest absolute Gasteiger partial charge is 0.326 e. The van der Waals surface area contributed by atoms with Crippen LogP contribution in [0.4, 0.5) is 5.69 Å². The fourth-order valence-electron chi connectivity index (χ4n) is 2.54. The van der Waals surface area contributed by atoms with Gasteiger partial charge in [-0.15, -0.1) is 5.10 Å². The van der Waals surface area contributed by atoms with Crippen molar-refractivity contribution in [1.82, 2.24) is 20.2 Å². The second-order valence-electron chi connectivity index (χ2n) is 5.65. The predicted molar refractivity (Wildman–Crippen MR) is 78.3 cm³/mol. The summed E-state index contributed by atoms with van der Waals surface area (Å²) in [6.45, 7) is 0. The Bertz CT molecular complexity index is 661. The Hall–Kier alpha value is -2.28. The molecular formula is C14H18N6O. The van der Waals surface area contributed by atoms with Crippen molar-refractivity contribution in [1.29, 1.82) is 0 Å². The Morgan fingerprint density at radius 3 is 2.90 bits per heavy atom. The van der Waals surface area contributed by atoms with Crippen LogP contribution in [0.1, 0.15) is 25.7 Å². The van der Waals surface area contributed by atoms with Crippen molar-refractivity contribution in [3.05, 3.63) is 24.3 Å². The van der Waals surface area contributed by atoms with Crippen LogP contribution in [0.15, 0.2) is 24.3 Å². The fourth-order valence-corrected chi connectivity index (χ4v) is 2.54. The smallest absolute Gasteiger partial charge is 0.226 e. The molecule has 1 aliphatic rings. The number of hydrogen-bond donors (Lipinski definition) is 2. The van der Waals surface area contributed by atoms with Crippen LogP contribution in [0.3, 0.4) is 0 Å². The molecule has 0 unspecified atom stereocenters. The molecule has 1 heterocycles. The van der Waals surface area contributed by atoms with Crippen LogP contribution < -0.4 is 11.1 Å². The minimum absolute atomic E-state index is 0.0505. The van der Waals surface area contributed by atoms with Crippen LogP contribution in [-0.4, -0.2) is 31.7 Å². The lowest BCUT2D eigenvalue weighted by Crippen LogP contribution is -2.48. The lowest BCUT2D eigenvalue weighted by atomic mass is 9.75. The Balaban J connectivity index is 1.71. The van der Waals surface area contributed by atoms with E-state index in [0.29, 0.717) is 12.2 Å². The number of tetrazole rings is 1. The highest BCUT2D eigenvalue weighted by molar-refractivity contribution is 5.92.